The zero-order valence-corrected chi connectivity index (χ0v) is 11.5. The van der Waals surface area contributed by atoms with Crippen molar-refractivity contribution in [3.63, 3.8) is 0 Å². The fourth-order valence-electron chi connectivity index (χ4n) is 2.05. The van der Waals surface area contributed by atoms with Gasteiger partial charge in [-0.3, -0.25) is 4.79 Å². The maximum atomic E-state index is 13.4. The number of benzene rings is 2. The SMILES string of the molecule is C[C@@H](C(=O)O)P(=O)(c1ccccc1)c1ccccc1. The van der Waals surface area contributed by atoms with Crippen LogP contribution in [0.2, 0.25) is 0 Å². The molecular formula is C15H15O3P. The van der Waals surface area contributed by atoms with Crippen LogP contribution in [0.25, 0.3) is 0 Å². The molecule has 4 heteroatoms. The van der Waals surface area contributed by atoms with E-state index in [4.69, 9.17) is 0 Å². The minimum Gasteiger partial charge on any atom is -0.481 e. The van der Waals surface area contributed by atoms with Crippen molar-refractivity contribution in [3.8, 4) is 0 Å². The van der Waals surface area contributed by atoms with E-state index in [9.17, 15) is 14.5 Å². The molecule has 0 saturated carbocycles. The second-order valence-corrected chi connectivity index (χ2v) is 7.47. The van der Waals surface area contributed by atoms with Crippen LogP contribution in [0.1, 0.15) is 6.92 Å². The molecule has 0 bridgehead atoms. The maximum Gasteiger partial charge on any atom is 0.314 e. The smallest absolute Gasteiger partial charge is 0.314 e. The first kappa shape index (κ1) is 13.6. The summed E-state index contributed by atoms with van der Waals surface area (Å²) >= 11 is 0. The van der Waals surface area contributed by atoms with Crippen molar-refractivity contribution in [2.75, 3.05) is 0 Å². The lowest BCUT2D eigenvalue weighted by atomic mass is 10.4. The van der Waals surface area contributed by atoms with Crippen LogP contribution in [-0.2, 0) is 9.36 Å². The fourth-order valence-corrected chi connectivity index (χ4v) is 4.78. The van der Waals surface area contributed by atoms with Crippen molar-refractivity contribution in [1.82, 2.24) is 0 Å². The molecule has 0 saturated heterocycles. The summed E-state index contributed by atoms with van der Waals surface area (Å²) in [6, 6.07) is 17.7. The zero-order chi connectivity index (χ0) is 13.9. The molecular weight excluding hydrogens is 259 g/mol. The van der Waals surface area contributed by atoms with E-state index in [1.165, 1.54) is 6.92 Å². The first-order valence-corrected chi connectivity index (χ1v) is 7.78. The Hall–Kier alpha value is -1.86. The monoisotopic (exact) mass is 274 g/mol. The third-order valence-electron chi connectivity index (χ3n) is 3.18. The second-order valence-electron chi connectivity index (χ2n) is 4.34. The third-order valence-corrected chi connectivity index (χ3v) is 6.62. The highest BCUT2D eigenvalue weighted by Crippen LogP contribution is 2.48. The molecule has 0 aliphatic carbocycles. The average Bonchev–Trinajstić information content (AvgIpc) is 2.47. The lowest BCUT2D eigenvalue weighted by Crippen LogP contribution is -2.29. The normalized spacial score (nSPS) is 12.9. The van der Waals surface area contributed by atoms with Crippen LogP contribution in [0.4, 0.5) is 0 Å². The Morgan fingerprint density at radius 2 is 1.32 bits per heavy atom. The van der Waals surface area contributed by atoms with Gasteiger partial charge in [0.1, 0.15) is 5.66 Å². The molecule has 0 amide bonds. The molecule has 1 atom stereocenters. The molecule has 98 valence electrons. The summed E-state index contributed by atoms with van der Waals surface area (Å²) in [4.78, 5) is 11.3. The van der Waals surface area contributed by atoms with Crippen molar-refractivity contribution in [1.29, 1.82) is 0 Å². The summed E-state index contributed by atoms with van der Waals surface area (Å²) in [6.45, 7) is 1.50. The van der Waals surface area contributed by atoms with Crippen LogP contribution >= 0.6 is 7.14 Å². The van der Waals surface area contributed by atoms with Gasteiger partial charge in [0, 0.05) is 10.6 Å². The van der Waals surface area contributed by atoms with Crippen LogP contribution in [0.15, 0.2) is 60.7 Å². The lowest BCUT2D eigenvalue weighted by molar-refractivity contribution is -0.136. The largest absolute Gasteiger partial charge is 0.481 e. The summed E-state index contributed by atoms with van der Waals surface area (Å²) in [7, 11) is -3.17. The Kier molecular flexibility index (Phi) is 3.87. The minimum absolute atomic E-state index is 0.580. The van der Waals surface area contributed by atoms with Gasteiger partial charge in [-0.1, -0.05) is 60.7 Å². The van der Waals surface area contributed by atoms with Gasteiger partial charge >= 0.3 is 5.97 Å². The number of hydrogen-bond acceptors (Lipinski definition) is 2. The summed E-state index contributed by atoms with van der Waals surface area (Å²) in [5.74, 6) is -1.05. The molecule has 1 N–H and O–H groups in total. The van der Waals surface area contributed by atoms with Crippen molar-refractivity contribution in [2.45, 2.75) is 12.6 Å². The average molecular weight is 274 g/mol. The molecule has 0 fully saturated rings. The van der Waals surface area contributed by atoms with Gasteiger partial charge in [0.15, 0.2) is 7.14 Å². The molecule has 2 aromatic carbocycles. The van der Waals surface area contributed by atoms with Gasteiger partial charge in [-0.25, -0.2) is 0 Å². The molecule has 0 unspecified atom stereocenters. The van der Waals surface area contributed by atoms with Crippen molar-refractivity contribution < 1.29 is 14.5 Å². The Bertz CT molecular complexity index is 564. The lowest BCUT2D eigenvalue weighted by Gasteiger charge is -2.23. The third kappa shape index (κ3) is 2.47. The van der Waals surface area contributed by atoms with Crippen molar-refractivity contribution in [3.05, 3.63) is 60.7 Å². The number of carboxylic acid groups (broad SMARTS) is 1. The predicted octanol–water partition coefficient (Wildman–Crippen LogP) is 2.47. The molecule has 0 aliphatic rings. The van der Waals surface area contributed by atoms with E-state index in [-0.39, 0.29) is 0 Å². The number of hydrogen-bond donors (Lipinski definition) is 1. The van der Waals surface area contributed by atoms with Crippen LogP contribution in [0.5, 0.6) is 0 Å². The summed E-state index contributed by atoms with van der Waals surface area (Å²) < 4.78 is 13.4. The fraction of sp³-hybridized carbons (Fsp3) is 0.133. The molecule has 3 nitrogen and oxygen atoms in total. The first-order valence-electron chi connectivity index (χ1n) is 6.00. The van der Waals surface area contributed by atoms with Crippen molar-refractivity contribution >= 4 is 23.7 Å². The minimum atomic E-state index is -3.17. The molecule has 0 aromatic heterocycles. The van der Waals surface area contributed by atoms with Gasteiger partial charge in [0.05, 0.1) is 0 Å². The van der Waals surface area contributed by atoms with Crippen LogP contribution in [0.3, 0.4) is 0 Å². The molecule has 0 radical (unpaired) electrons. The topological polar surface area (TPSA) is 54.4 Å². The summed E-state index contributed by atoms with van der Waals surface area (Å²) in [5.41, 5.74) is -0.947. The van der Waals surface area contributed by atoms with Crippen LogP contribution < -0.4 is 10.6 Å². The number of carboxylic acids is 1. The van der Waals surface area contributed by atoms with Gasteiger partial charge in [-0.2, -0.15) is 0 Å². The van der Waals surface area contributed by atoms with Gasteiger partial charge in [-0.05, 0) is 6.92 Å². The number of aliphatic carboxylic acids is 1. The van der Waals surface area contributed by atoms with Gasteiger partial charge in [0.2, 0.25) is 0 Å². The molecule has 19 heavy (non-hydrogen) atoms. The van der Waals surface area contributed by atoms with Gasteiger partial charge in [-0.15, -0.1) is 0 Å². The quantitative estimate of drug-likeness (QED) is 0.871. The highest BCUT2D eigenvalue weighted by atomic mass is 31.2. The molecule has 2 aromatic rings. The maximum absolute atomic E-state index is 13.4. The summed E-state index contributed by atoms with van der Waals surface area (Å²) in [5, 5.41) is 10.4. The first-order chi connectivity index (χ1) is 9.06. The molecule has 0 spiro atoms. The highest BCUT2D eigenvalue weighted by Gasteiger charge is 2.37. The Balaban J connectivity index is 2.65. The van der Waals surface area contributed by atoms with Gasteiger partial charge < -0.3 is 9.67 Å². The Morgan fingerprint density at radius 3 is 1.63 bits per heavy atom. The van der Waals surface area contributed by atoms with E-state index in [1.807, 2.05) is 12.1 Å². The van der Waals surface area contributed by atoms with E-state index in [0.29, 0.717) is 10.6 Å². The van der Waals surface area contributed by atoms with Crippen LogP contribution in [0, 0.1) is 0 Å². The zero-order valence-electron chi connectivity index (χ0n) is 10.6. The number of carbonyl (C=O) groups is 1. The molecule has 2 rings (SSSR count). The molecule has 0 heterocycles. The van der Waals surface area contributed by atoms with E-state index in [1.54, 1.807) is 48.5 Å². The van der Waals surface area contributed by atoms with E-state index in [2.05, 4.69) is 0 Å². The highest BCUT2D eigenvalue weighted by molar-refractivity contribution is 7.80. The van der Waals surface area contributed by atoms with E-state index < -0.39 is 18.8 Å². The van der Waals surface area contributed by atoms with E-state index >= 15 is 0 Å². The summed E-state index contributed by atoms with van der Waals surface area (Å²) in [6.07, 6.45) is 0. The predicted molar refractivity (Wildman–Crippen MR) is 76.9 cm³/mol. The van der Waals surface area contributed by atoms with Crippen molar-refractivity contribution in [2.24, 2.45) is 0 Å². The Labute approximate surface area is 112 Å². The Morgan fingerprint density at radius 1 is 0.947 bits per heavy atom. The van der Waals surface area contributed by atoms with E-state index in [0.717, 1.165) is 0 Å². The standard InChI is InChI=1S/C15H15O3P/c1-12(15(16)17)19(18,13-8-4-2-5-9-13)14-10-6-3-7-11-14/h2-12H,1H3,(H,16,17)/t12-/m0/s1. The van der Waals surface area contributed by atoms with Crippen LogP contribution in [-0.4, -0.2) is 16.7 Å². The van der Waals surface area contributed by atoms with Gasteiger partial charge in [0.25, 0.3) is 0 Å². The number of rotatable bonds is 4. The molecule has 0 aliphatic heterocycles. The second kappa shape index (κ2) is 5.41.